The first-order valence-electron chi connectivity index (χ1n) is 8.22. The smallest absolute Gasteiger partial charge is 0.203 e. The Hall–Kier alpha value is -3.90. The molecule has 0 saturated heterocycles. The predicted molar refractivity (Wildman–Crippen MR) is 108 cm³/mol. The average Bonchev–Trinajstić information content (AvgIpc) is 2.75. The normalized spacial score (nSPS) is 11.2. The van der Waals surface area contributed by atoms with Crippen LogP contribution < -0.4 is 18.9 Å². The van der Waals surface area contributed by atoms with Crippen LogP contribution in [0.1, 0.15) is 11.1 Å². The number of benzene rings is 2. The summed E-state index contributed by atoms with van der Waals surface area (Å²) in [6.45, 7) is 15.0. The third kappa shape index (κ3) is 4.63. The molecular formula is C22H20N2O4. The molecule has 0 saturated carbocycles. The molecule has 0 fully saturated rings. The molecule has 0 radical (unpaired) electrons. The van der Waals surface area contributed by atoms with Crippen molar-refractivity contribution in [2.45, 2.75) is 0 Å². The van der Waals surface area contributed by atoms with Crippen molar-refractivity contribution in [2.75, 3.05) is 28.4 Å². The van der Waals surface area contributed by atoms with Gasteiger partial charge < -0.3 is 18.9 Å². The van der Waals surface area contributed by atoms with E-state index in [1.807, 2.05) is 12.1 Å². The van der Waals surface area contributed by atoms with Crippen molar-refractivity contribution in [2.24, 2.45) is 0 Å². The van der Waals surface area contributed by atoms with Gasteiger partial charge in [0.15, 0.2) is 22.9 Å². The summed E-state index contributed by atoms with van der Waals surface area (Å²) in [5.41, 5.74) is 1.89. The second-order valence-corrected chi connectivity index (χ2v) is 5.51. The van der Waals surface area contributed by atoms with E-state index >= 15 is 0 Å². The third-order valence-electron chi connectivity index (χ3n) is 3.91. The molecule has 2 aromatic carbocycles. The fourth-order valence-corrected chi connectivity index (χ4v) is 2.53. The minimum Gasteiger partial charge on any atom is -0.497 e. The Bertz CT molecular complexity index is 952. The van der Waals surface area contributed by atoms with Crippen molar-refractivity contribution < 1.29 is 18.9 Å². The highest BCUT2D eigenvalue weighted by molar-refractivity contribution is 5.72. The molecule has 6 heteroatoms. The lowest BCUT2D eigenvalue weighted by molar-refractivity contribution is 0.324. The Kier molecular flexibility index (Phi) is 7.07. The van der Waals surface area contributed by atoms with Gasteiger partial charge in [-0.25, -0.2) is 0 Å². The number of hydrogen-bond acceptors (Lipinski definition) is 4. The van der Waals surface area contributed by atoms with Gasteiger partial charge in [-0.15, -0.1) is 0 Å². The molecule has 142 valence electrons. The van der Waals surface area contributed by atoms with Crippen molar-refractivity contribution >= 4 is 12.2 Å². The van der Waals surface area contributed by atoms with Crippen molar-refractivity contribution in [3.8, 4) is 23.0 Å². The fourth-order valence-electron chi connectivity index (χ4n) is 2.53. The first-order chi connectivity index (χ1) is 13.6. The third-order valence-corrected chi connectivity index (χ3v) is 3.91. The number of hydrogen-bond donors (Lipinski definition) is 0. The molecule has 0 aromatic heterocycles. The zero-order valence-electron chi connectivity index (χ0n) is 16.1. The van der Waals surface area contributed by atoms with Gasteiger partial charge in [-0.3, -0.25) is 9.69 Å². The molecule has 0 aliphatic heterocycles. The second-order valence-electron chi connectivity index (χ2n) is 5.51. The van der Waals surface area contributed by atoms with Crippen LogP contribution in [0.25, 0.3) is 21.8 Å². The second kappa shape index (κ2) is 9.70. The summed E-state index contributed by atoms with van der Waals surface area (Å²) in [5, 5.41) is 0. The largest absolute Gasteiger partial charge is 0.497 e. The number of nitrogens with zero attached hydrogens (tertiary/aromatic N) is 2. The number of rotatable bonds is 7. The molecule has 2 aromatic rings. The minimum absolute atomic E-state index is 0.208. The molecule has 0 atom stereocenters. The van der Waals surface area contributed by atoms with E-state index in [1.54, 1.807) is 43.5 Å². The lowest BCUT2D eigenvalue weighted by Crippen LogP contribution is -1.95. The van der Waals surface area contributed by atoms with E-state index in [2.05, 4.69) is 9.69 Å². The highest BCUT2D eigenvalue weighted by Crippen LogP contribution is 2.39. The molecule has 0 aliphatic carbocycles. The van der Waals surface area contributed by atoms with Crippen LogP contribution in [0.4, 0.5) is 0 Å². The van der Waals surface area contributed by atoms with Gasteiger partial charge in [0.2, 0.25) is 5.75 Å². The molecule has 0 aliphatic rings. The van der Waals surface area contributed by atoms with Gasteiger partial charge in [0.05, 0.1) is 41.6 Å². The summed E-state index contributed by atoms with van der Waals surface area (Å²) in [7, 11) is 6.16. The molecule has 0 heterocycles. The molecule has 0 N–H and O–H groups in total. The van der Waals surface area contributed by atoms with Crippen molar-refractivity contribution in [1.29, 1.82) is 0 Å². The molecule has 0 spiro atoms. The van der Waals surface area contributed by atoms with Crippen LogP contribution >= 0.6 is 0 Å². The summed E-state index contributed by atoms with van der Waals surface area (Å²) >= 11 is 0. The maximum atomic E-state index is 7.51. The van der Waals surface area contributed by atoms with Crippen LogP contribution in [0.3, 0.4) is 0 Å². The molecule has 0 unspecified atom stereocenters. The summed E-state index contributed by atoms with van der Waals surface area (Å²) in [5.74, 6) is 2.13. The highest BCUT2D eigenvalue weighted by atomic mass is 16.5. The number of methoxy groups -OCH3 is 4. The SMILES string of the molecule is [C-]#[N+]C(=Cc1ccc(OC)cc1)C(=Cc1cc(OC)c(OC)c(OC)c1)[N+]#[C-]. The average molecular weight is 376 g/mol. The van der Waals surface area contributed by atoms with E-state index in [4.69, 9.17) is 32.1 Å². The fraction of sp³-hybridized carbons (Fsp3) is 0.182. The van der Waals surface area contributed by atoms with Crippen molar-refractivity contribution in [3.05, 3.63) is 81.8 Å². The first kappa shape index (κ1) is 20.4. The minimum atomic E-state index is 0.208. The molecule has 0 bridgehead atoms. The maximum Gasteiger partial charge on any atom is 0.203 e. The summed E-state index contributed by atoms with van der Waals surface area (Å²) in [4.78, 5) is 7.05. The predicted octanol–water partition coefficient (Wildman–Crippen LogP) is 4.94. The van der Waals surface area contributed by atoms with Crippen LogP contribution in [0.15, 0.2) is 47.8 Å². The van der Waals surface area contributed by atoms with Crippen LogP contribution in [0.2, 0.25) is 0 Å². The van der Waals surface area contributed by atoms with Crippen LogP contribution in [0.5, 0.6) is 23.0 Å². The van der Waals surface area contributed by atoms with E-state index < -0.39 is 0 Å². The monoisotopic (exact) mass is 376 g/mol. The summed E-state index contributed by atoms with van der Waals surface area (Å²) in [6, 6.07) is 10.7. The van der Waals surface area contributed by atoms with Gasteiger partial charge in [0.1, 0.15) is 5.75 Å². The van der Waals surface area contributed by atoms with Gasteiger partial charge in [-0.2, -0.15) is 0 Å². The summed E-state index contributed by atoms with van der Waals surface area (Å²) in [6.07, 6.45) is 3.28. The molecule has 6 nitrogen and oxygen atoms in total. The van der Waals surface area contributed by atoms with Gasteiger partial charge in [0.25, 0.3) is 0 Å². The van der Waals surface area contributed by atoms with E-state index in [0.29, 0.717) is 22.8 Å². The molecule has 28 heavy (non-hydrogen) atoms. The quantitative estimate of drug-likeness (QED) is 0.507. The number of ether oxygens (including phenoxy) is 4. The van der Waals surface area contributed by atoms with Crippen LogP contribution in [0, 0.1) is 13.1 Å². The zero-order chi connectivity index (χ0) is 20.5. The Morgan fingerprint density at radius 2 is 1.21 bits per heavy atom. The van der Waals surface area contributed by atoms with Gasteiger partial charge in [-0.1, -0.05) is 24.3 Å². The van der Waals surface area contributed by atoms with E-state index in [9.17, 15) is 0 Å². The molecule has 2 rings (SSSR count). The lowest BCUT2D eigenvalue weighted by atomic mass is 10.1. The van der Waals surface area contributed by atoms with Gasteiger partial charge in [-0.05, 0) is 35.4 Å². The van der Waals surface area contributed by atoms with Gasteiger partial charge in [0, 0.05) is 0 Å². The Morgan fingerprint density at radius 1 is 0.714 bits per heavy atom. The van der Waals surface area contributed by atoms with Crippen LogP contribution in [-0.4, -0.2) is 28.4 Å². The Labute approximate surface area is 164 Å². The lowest BCUT2D eigenvalue weighted by Gasteiger charge is -2.13. The molecule has 0 amide bonds. The van der Waals surface area contributed by atoms with Gasteiger partial charge >= 0.3 is 0 Å². The van der Waals surface area contributed by atoms with Crippen LogP contribution in [-0.2, 0) is 0 Å². The highest BCUT2D eigenvalue weighted by Gasteiger charge is 2.14. The Morgan fingerprint density at radius 3 is 1.61 bits per heavy atom. The van der Waals surface area contributed by atoms with E-state index in [1.165, 1.54) is 21.3 Å². The first-order valence-corrected chi connectivity index (χ1v) is 8.22. The standard InChI is InChI=1S/C22H20N2O4/c1-23-18(11-15-7-9-17(25-3)10-8-15)19(24-2)12-16-13-20(26-4)22(28-6)21(14-16)27-5/h7-14H,3-6H3. The van der Waals surface area contributed by atoms with E-state index in [0.717, 1.165) is 11.3 Å². The van der Waals surface area contributed by atoms with E-state index in [-0.39, 0.29) is 11.4 Å². The van der Waals surface area contributed by atoms with Crippen molar-refractivity contribution in [1.82, 2.24) is 0 Å². The zero-order valence-corrected chi connectivity index (χ0v) is 16.1. The topological polar surface area (TPSA) is 45.6 Å². The molecular weight excluding hydrogens is 356 g/mol. The Balaban J connectivity index is 2.50. The maximum absolute atomic E-state index is 7.51. The summed E-state index contributed by atoms with van der Waals surface area (Å²) < 4.78 is 21.1. The van der Waals surface area contributed by atoms with Crippen molar-refractivity contribution in [3.63, 3.8) is 0 Å².